The summed E-state index contributed by atoms with van der Waals surface area (Å²) in [5.74, 6) is 0.398. The second-order valence-corrected chi connectivity index (χ2v) is 9.91. The predicted molar refractivity (Wildman–Crippen MR) is 133 cm³/mol. The van der Waals surface area contributed by atoms with Gasteiger partial charge in [-0.15, -0.1) is 0 Å². The van der Waals surface area contributed by atoms with Crippen LogP contribution < -0.4 is 0 Å². The summed E-state index contributed by atoms with van der Waals surface area (Å²) in [6, 6.07) is 0. The Morgan fingerprint density at radius 2 is 0.900 bits per heavy atom. The summed E-state index contributed by atoms with van der Waals surface area (Å²) in [4.78, 5) is 13.9. The minimum atomic E-state index is 0.398. The summed E-state index contributed by atoms with van der Waals surface area (Å²) >= 11 is 0. The molecule has 2 heteroatoms. The maximum atomic E-state index is 11.8. The van der Waals surface area contributed by atoms with Crippen LogP contribution in [0.4, 0.5) is 0 Å². The maximum Gasteiger partial charge on any atom is 0.222 e. The third-order valence-electron chi connectivity index (χ3n) is 6.95. The summed E-state index contributed by atoms with van der Waals surface area (Å²) in [5.41, 5.74) is 0. The van der Waals surface area contributed by atoms with Crippen LogP contribution in [-0.2, 0) is 4.79 Å². The zero-order valence-electron chi connectivity index (χ0n) is 20.7. The van der Waals surface area contributed by atoms with Crippen LogP contribution in [0.2, 0.25) is 0 Å². The molecule has 0 saturated carbocycles. The third kappa shape index (κ3) is 17.2. The number of hydrogen-bond donors (Lipinski definition) is 0. The first kappa shape index (κ1) is 27.5. The van der Waals surface area contributed by atoms with Gasteiger partial charge in [0.05, 0.1) is 0 Å². The van der Waals surface area contributed by atoms with E-state index >= 15 is 0 Å². The molecule has 1 fully saturated rings. The summed E-state index contributed by atoms with van der Waals surface area (Å²) in [7, 11) is 0. The zero-order valence-corrected chi connectivity index (χ0v) is 20.7. The average molecular weight is 422 g/mol. The Bertz CT molecular complexity index is 368. The largest absolute Gasteiger partial charge is 0.343 e. The highest BCUT2D eigenvalue weighted by Crippen LogP contribution is 2.16. The van der Waals surface area contributed by atoms with Crippen molar-refractivity contribution in [1.29, 1.82) is 0 Å². The lowest BCUT2D eigenvalue weighted by atomic mass is 10.0. The van der Waals surface area contributed by atoms with Gasteiger partial charge in [-0.3, -0.25) is 4.79 Å². The second kappa shape index (κ2) is 21.7. The van der Waals surface area contributed by atoms with Gasteiger partial charge in [0.15, 0.2) is 0 Å². The van der Waals surface area contributed by atoms with Crippen molar-refractivity contribution in [2.75, 3.05) is 13.1 Å². The molecular weight excluding hydrogens is 366 g/mol. The van der Waals surface area contributed by atoms with E-state index in [-0.39, 0.29) is 0 Å². The lowest BCUT2D eigenvalue weighted by Gasteiger charge is -2.26. The molecule has 1 aliphatic heterocycles. The number of carbonyl (C=O) groups is 1. The molecule has 0 unspecified atom stereocenters. The molecule has 0 aromatic heterocycles. The lowest BCUT2D eigenvalue weighted by molar-refractivity contribution is -0.133. The van der Waals surface area contributed by atoms with Crippen LogP contribution in [0.1, 0.15) is 161 Å². The second-order valence-electron chi connectivity index (χ2n) is 9.91. The van der Waals surface area contributed by atoms with Crippen molar-refractivity contribution >= 4 is 5.91 Å². The van der Waals surface area contributed by atoms with Gasteiger partial charge in [0.2, 0.25) is 5.91 Å². The molecule has 1 amide bonds. The SMILES string of the molecule is CCCCCCCCCCCCCCCCCCCCCCCN1CCCCC1=O. The number of rotatable bonds is 22. The van der Waals surface area contributed by atoms with Crippen molar-refractivity contribution in [3.8, 4) is 0 Å². The highest BCUT2D eigenvalue weighted by Gasteiger charge is 2.16. The number of piperidine rings is 1. The first-order valence-electron chi connectivity index (χ1n) is 14.1. The van der Waals surface area contributed by atoms with E-state index in [1.54, 1.807) is 0 Å². The Hall–Kier alpha value is -0.530. The molecule has 178 valence electrons. The van der Waals surface area contributed by atoms with E-state index < -0.39 is 0 Å². The van der Waals surface area contributed by atoms with Gasteiger partial charge in [-0.05, 0) is 19.3 Å². The molecular formula is C28H55NO. The quantitative estimate of drug-likeness (QED) is 0.159. The number of hydrogen-bond acceptors (Lipinski definition) is 1. The summed E-state index contributed by atoms with van der Waals surface area (Å²) in [5, 5.41) is 0. The fourth-order valence-corrected chi connectivity index (χ4v) is 4.83. The number of carbonyl (C=O) groups excluding carboxylic acids is 1. The molecule has 0 aliphatic carbocycles. The maximum absolute atomic E-state index is 11.8. The van der Waals surface area contributed by atoms with E-state index in [2.05, 4.69) is 11.8 Å². The van der Waals surface area contributed by atoms with Gasteiger partial charge in [0, 0.05) is 19.5 Å². The number of amides is 1. The van der Waals surface area contributed by atoms with E-state index in [0.717, 1.165) is 25.9 Å². The minimum absolute atomic E-state index is 0.398. The molecule has 0 N–H and O–H groups in total. The van der Waals surface area contributed by atoms with Crippen LogP contribution in [0.15, 0.2) is 0 Å². The van der Waals surface area contributed by atoms with Crippen LogP contribution in [0.5, 0.6) is 0 Å². The van der Waals surface area contributed by atoms with Crippen LogP contribution in [0.3, 0.4) is 0 Å². The van der Waals surface area contributed by atoms with Crippen molar-refractivity contribution in [2.45, 2.75) is 161 Å². The molecule has 0 radical (unpaired) electrons. The molecule has 1 heterocycles. The third-order valence-corrected chi connectivity index (χ3v) is 6.95. The van der Waals surface area contributed by atoms with Crippen molar-refractivity contribution in [2.24, 2.45) is 0 Å². The van der Waals surface area contributed by atoms with Gasteiger partial charge in [-0.2, -0.15) is 0 Å². The van der Waals surface area contributed by atoms with Crippen LogP contribution in [0.25, 0.3) is 0 Å². The first-order valence-corrected chi connectivity index (χ1v) is 14.1. The standard InChI is InChI=1S/C28H55NO/c1-2-3-4-5-6-7-8-9-10-11-12-13-14-15-16-17-18-19-20-21-23-26-29-27-24-22-25-28(29)30/h2-27H2,1H3. The van der Waals surface area contributed by atoms with Gasteiger partial charge in [0.1, 0.15) is 0 Å². The van der Waals surface area contributed by atoms with Crippen LogP contribution in [-0.4, -0.2) is 23.9 Å². The summed E-state index contributed by atoms with van der Waals surface area (Å²) < 4.78 is 0. The highest BCUT2D eigenvalue weighted by atomic mass is 16.2. The summed E-state index contributed by atoms with van der Waals surface area (Å²) in [6.45, 7) is 4.32. The average Bonchev–Trinajstić information content (AvgIpc) is 2.76. The minimum Gasteiger partial charge on any atom is -0.343 e. The van der Waals surface area contributed by atoms with Gasteiger partial charge in [-0.1, -0.05) is 135 Å². The zero-order chi connectivity index (χ0) is 21.5. The number of likely N-dealkylation sites (tertiary alicyclic amines) is 1. The molecule has 0 spiro atoms. The topological polar surface area (TPSA) is 20.3 Å². The van der Waals surface area contributed by atoms with Crippen LogP contribution >= 0.6 is 0 Å². The Labute approximate surface area is 190 Å². The van der Waals surface area contributed by atoms with Crippen molar-refractivity contribution in [3.05, 3.63) is 0 Å². The lowest BCUT2D eigenvalue weighted by Crippen LogP contribution is -2.35. The van der Waals surface area contributed by atoms with Crippen molar-refractivity contribution in [1.82, 2.24) is 4.90 Å². The molecule has 0 aromatic carbocycles. The van der Waals surface area contributed by atoms with Gasteiger partial charge < -0.3 is 4.90 Å². The van der Waals surface area contributed by atoms with Crippen molar-refractivity contribution in [3.63, 3.8) is 0 Å². The van der Waals surface area contributed by atoms with Crippen molar-refractivity contribution < 1.29 is 4.79 Å². The fourth-order valence-electron chi connectivity index (χ4n) is 4.83. The smallest absolute Gasteiger partial charge is 0.222 e. The summed E-state index contributed by atoms with van der Waals surface area (Å²) in [6.07, 6.45) is 33.1. The van der Waals surface area contributed by atoms with Gasteiger partial charge >= 0.3 is 0 Å². The Balaban J connectivity index is 1.67. The molecule has 0 bridgehead atoms. The Morgan fingerprint density at radius 1 is 0.533 bits per heavy atom. The molecule has 2 nitrogen and oxygen atoms in total. The van der Waals surface area contributed by atoms with Crippen LogP contribution in [0, 0.1) is 0 Å². The van der Waals surface area contributed by atoms with Gasteiger partial charge in [-0.25, -0.2) is 0 Å². The fraction of sp³-hybridized carbons (Fsp3) is 0.964. The van der Waals surface area contributed by atoms with E-state index in [4.69, 9.17) is 0 Å². The molecule has 0 atom stereocenters. The first-order chi connectivity index (χ1) is 14.8. The number of unbranched alkanes of at least 4 members (excludes halogenated alkanes) is 20. The Kier molecular flexibility index (Phi) is 19.9. The van der Waals surface area contributed by atoms with Gasteiger partial charge in [0.25, 0.3) is 0 Å². The van der Waals surface area contributed by atoms with E-state index in [1.165, 1.54) is 141 Å². The molecule has 1 aliphatic rings. The Morgan fingerprint density at radius 3 is 1.27 bits per heavy atom. The molecule has 30 heavy (non-hydrogen) atoms. The normalized spacial score (nSPS) is 14.6. The molecule has 1 saturated heterocycles. The highest BCUT2D eigenvalue weighted by molar-refractivity contribution is 5.76. The predicted octanol–water partition coefficient (Wildman–Crippen LogP) is 9.21. The van der Waals surface area contributed by atoms with E-state index in [1.807, 2.05) is 0 Å². The number of nitrogens with zero attached hydrogens (tertiary/aromatic N) is 1. The monoisotopic (exact) mass is 421 g/mol. The molecule has 0 aromatic rings. The van der Waals surface area contributed by atoms with E-state index in [0.29, 0.717) is 5.91 Å². The molecule has 1 rings (SSSR count). The van der Waals surface area contributed by atoms with E-state index in [9.17, 15) is 4.79 Å².